The van der Waals surface area contributed by atoms with Gasteiger partial charge >= 0.3 is 0 Å². The van der Waals surface area contributed by atoms with Gasteiger partial charge in [-0.1, -0.05) is 72.8 Å². The van der Waals surface area contributed by atoms with E-state index in [-0.39, 0.29) is 11.9 Å². The second kappa shape index (κ2) is 10.8. The Morgan fingerprint density at radius 2 is 1.64 bits per heavy atom. The van der Waals surface area contributed by atoms with Crippen molar-refractivity contribution in [3.8, 4) is 0 Å². The second-order valence-corrected chi connectivity index (χ2v) is 7.35. The molecule has 4 heteroatoms. The van der Waals surface area contributed by atoms with Gasteiger partial charge in [0, 0.05) is 39.3 Å². The highest BCUT2D eigenvalue weighted by atomic mass is 16.2. The first-order valence-electron chi connectivity index (χ1n) is 10.2. The van der Waals surface area contributed by atoms with Crippen LogP contribution in [0.1, 0.15) is 18.1 Å². The number of carbonyl (C=O) groups excluding carboxylic acids is 1. The van der Waals surface area contributed by atoms with E-state index < -0.39 is 0 Å². The fourth-order valence-corrected chi connectivity index (χ4v) is 3.52. The van der Waals surface area contributed by atoms with Crippen LogP contribution in [-0.2, 0) is 11.2 Å². The summed E-state index contributed by atoms with van der Waals surface area (Å²) < 4.78 is 0. The van der Waals surface area contributed by atoms with Gasteiger partial charge in [0.1, 0.15) is 0 Å². The molecule has 1 saturated heterocycles. The third kappa shape index (κ3) is 6.32. The van der Waals surface area contributed by atoms with Gasteiger partial charge in [0.15, 0.2) is 0 Å². The molecule has 1 aliphatic rings. The molecule has 1 aliphatic heterocycles. The SMILES string of the molecule is C[C@@H](C(=O)NCCc1ccccc1)N1CCN(C/C=C/c2ccccc2)CC1. The number of piperazine rings is 1. The largest absolute Gasteiger partial charge is 0.354 e. The van der Waals surface area contributed by atoms with Crippen LogP contribution < -0.4 is 5.32 Å². The molecule has 28 heavy (non-hydrogen) atoms. The average Bonchev–Trinajstić information content (AvgIpc) is 2.75. The lowest BCUT2D eigenvalue weighted by atomic mass is 10.1. The monoisotopic (exact) mass is 377 g/mol. The number of nitrogens with zero attached hydrogens (tertiary/aromatic N) is 2. The van der Waals surface area contributed by atoms with Crippen LogP contribution in [0.4, 0.5) is 0 Å². The number of benzene rings is 2. The number of hydrogen-bond acceptors (Lipinski definition) is 3. The summed E-state index contributed by atoms with van der Waals surface area (Å²) in [6.07, 6.45) is 5.28. The zero-order valence-corrected chi connectivity index (χ0v) is 16.8. The van der Waals surface area contributed by atoms with Crippen molar-refractivity contribution >= 4 is 12.0 Å². The molecule has 0 aliphatic carbocycles. The highest BCUT2D eigenvalue weighted by Crippen LogP contribution is 2.08. The van der Waals surface area contributed by atoms with E-state index in [9.17, 15) is 4.79 Å². The summed E-state index contributed by atoms with van der Waals surface area (Å²) in [7, 11) is 0. The van der Waals surface area contributed by atoms with Gasteiger partial charge in [0.25, 0.3) is 0 Å². The molecule has 1 amide bonds. The minimum absolute atomic E-state index is 0.0715. The molecule has 0 unspecified atom stereocenters. The minimum atomic E-state index is -0.0715. The number of rotatable bonds is 8. The van der Waals surface area contributed by atoms with E-state index in [0.29, 0.717) is 6.54 Å². The van der Waals surface area contributed by atoms with Gasteiger partial charge in [-0.05, 0) is 24.5 Å². The molecular weight excluding hydrogens is 346 g/mol. The molecule has 148 valence electrons. The van der Waals surface area contributed by atoms with Crippen molar-refractivity contribution < 1.29 is 4.79 Å². The Morgan fingerprint density at radius 1 is 1.00 bits per heavy atom. The predicted molar refractivity (Wildman–Crippen MR) is 116 cm³/mol. The lowest BCUT2D eigenvalue weighted by molar-refractivity contribution is -0.126. The molecule has 4 nitrogen and oxygen atoms in total. The van der Waals surface area contributed by atoms with Crippen LogP contribution in [0.25, 0.3) is 6.08 Å². The Balaban J connectivity index is 1.35. The van der Waals surface area contributed by atoms with E-state index in [0.717, 1.165) is 39.1 Å². The molecule has 1 fully saturated rings. The summed E-state index contributed by atoms with van der Waals surface area (Å²) in [5, 5.41) is 3.09. The summed E-state index contributed by atoms with van der Waals surface area (Å²) in [4.78, 5) is 17.2. The summed E-state index contributed by atoms with van der Waals surface area (Å²) >= 11 is 0. The average molecular weight is 378 g/mol. The van der Waals surface area contributed by atoms with Gasteiger partial charge < -0.3 is 5.32 Å². The standard InChI is InChI=1S/C24H31N3O/c1-21(24(28)25-15-14-23-11-6-3-7-12-23)27-19-17-26(18-20-27)16-8-13-22-9-4-2-5-10-22/h2-13,21H,14-20H2,1H3,(H,25,28)/b13-8+/t21-/m0/s1. The highest BCUT2D eigenvalue weighted by molar-refractivity contribution is 5.81. The Kier molecular flexibility index (Phi) is 7.82. The molecule has 0 spiro atoms. The predicted octanol–water partition coefficient (Wildman–Crippen LogP) is 3.06. The van der Waals surface area contributed by atoms with Crippen LogP contribution in [-0.4, -0.2) is 61.0 Å². The normalized spacial score (nSPS) is 16.9. The van der Waals surface area contributed by atoms with Crippen LogP contribution in [0, 0.1) is 0 Å². The topological polar surface area (TPSA) is 35.6 Å². The van der Waals surface area contributed by atoms with Gasteiger partial charge in [-0.2, -0.15) is 0 Å². The molecule has 0 bridgehead atoms. The Hall–Kier alpha value is -2.43. The fourth-order valence-electron chi connectivity index (χ4n) is 3.52. The van der Waals surface area contributed by atoms with E-state index in [2.05, 4.69) is 63.7 Å². The zero-order chi connectivity index (χ0) is 19.6. The first-order valence-corrected chi connectivity index (χ1v) is 10.2. The van der Waals surface area contributed by atoms with Crippen molar-refractivity contribution in [1.29, 1.82) is 0 Å². The molecule has 0 aromatic heterocycles. The maximum absolute atomic E-state index is 12.5. The van der Waals surface area contributed by atoms with Crippen molar-refractivity contribution in [1.82, 2.24) is 15.1 Å². The summed E-state index contributed by atoms with van der Waals surface area (Å²) in [6, 6.07) is 20.6. The van der Waals surface area contributed by atoms with Crippen molar-refractivity contribution in [2.24, 2.45) is 0 Å². The number of carbonyl (C=O) groups is 1. The number of nitrogens with one attached hydrogen (secondary N) is 1. The van der Waals surface area contributed by atoms with Crippen molar-refractivity contribution in [3.63, 3.8) is 0 Å². The number of hydrogen-bond donors (Lipinski definition) is 1. The molecule has 1 heterocycles. The van der Waals surface area contributed by atoms with Crippen LogP contribution in [0.3, 0.4) is 0 Å². The number of amides is 1. The van der Waals surface area contributed by atoms with Gasteiger partial charge in [0.05, 0.1) is 6.04 Å². The van der Waals surface area contributed by atoms with Crippen molar-refractivity contribution in [2.75, 3.05) is 39.3 Å². The van der Waals surface area contributed by atoms with Gasteiger partial charge in [-0.25, -0.2) is 0 Å². The maximum Gasteiger partial charge on any atom is 0.237 e. The van der Waals surface area contributed by atoms with E-state index in [1.165, 1.54) is 11.1 Å². The van der Waals surface area contributed by atoms with Crippen molar-refractivity contribution in [3.05, 3.63) is 77.9 Å². The summed E-state index contributed by atoms with van der Waals surface area (Å²) in [6.45, 7) is 7.54. The smallest absolute Gasteiger partial charge is 0.237 e. The van der Waals surface area contributed by atoms with Gasteiger partial charge in [-0.15, -0.1) is 0 Å². The quantitative estimate of drug-likeness (QED) is 0.768. The van der Waals surface area contributed by atoms with E-state index in [1.807, 2.05) is 31.2 Å². The van der Waals surface area contributed by atoms with Crippen molar-refractivity contribution in [2.45, 2.75) is 19.4 Å². The second-order valence-electron chi connectivity index (χ2n) is 7.35. The third-order valence-corrected chi connectivity index (χ3v) is 5.36. The Labute approximate surface area is 168 Å². The molecular formula is C24H31N3O. The third-order valence-electron chi connectivity index (χ3n) is 5.36. The summed E-state index contributed by atoms with van der Waals surface area (Å²) in [5.41, 5.74) is 2.49. The lowest BCUT2D eigenvalue weighted by Crippen LogP contribution is -2.54. The fraction of sp³-hybridized carbons (Fsp3) is 0.375. The van der Waals surface area contributed by atoms with E-state index in [1.54, 1.807) is 0 Å². The zero-order valence-electron chi connectivity index (χ0n) is 16.8. The maximum atomic E-state index is 12.5. The molecule has 1 atom stereocenters. The first-order chi connectivity index (χ1) is 13.7. The molecule has 3 rings (SSSR count). The molecule has 2 aromatic carbocycles. The van der Waals surface area contributed by atoms with E-state index >= 15 is 0 Å². The molecule has 0 saturated carbocycles. The summed E-state index contributed by atoms with van der Waals surface area (Å²) in [5.74, 6) is 0.133. The highest BCUT2D eigenvalue weighted by Gasteiger charge is 2.24. The Bertz CT molecular complexity index is 737. The van der Waals surface area contributed by atoms with Gasteiger partial charge in [0.2, 0.25) is 5.91 Å². The lowest BCUT2D eigenvalue weighted by Gasteiger charge is -2.37. The van der Waals surface area contributed by atoms with Crippen LogP contribution in [0.5, 0.6) is 0 Å². The molecule has 0 radical (unpaired) electrons. The van der Waals surface area contributed by atoms with Crippen LogP contribution in [0.2, 0.25) is 0 Å². The van der Waals surface area contributed by atoms with E-state index in [4.69, 9.17) is 0 Å². The van der Waals surface area contributed by atoms with Gasteiger partial charge in [-0.3, -0.25) is 14.6 Å². The molecule has 1 N–H and O–H groups in total. The van der Waals surface area contributed by atoms with Crippen LogP contribution >= 0.6 is 0 Å². The minimum Gasteiger partial charge on any atom is -0.354 e. The Morgan fingerprint density at radius 3 is 2.32 bits per heavy atom. The first kappa shape index (κ1) is 20.3. The molecule has 2 aromatic rings. The van der Waals surface area contributed by atoms with Crippen LogP contribution in [0.15, 0.2) is 66.7 Å².